The van der Waals surface area contributed by atoms with Gasteiger partial charge in [0.1, 0.15) is 11.0 Å². The first-order chi connectivity index (χ1) is 9.86. The number of aromatic nitrogens is 2. The first-order valence-electron chi connectivity index (χ1n) is 6.58. The van der Waals surface area contributed by atoms with Crippen molar-refractivity contribution in [1.29, 1.82) is 0 Å². The van der Waals surface area contributed by atoms with Crippen LogP contribution >= 0.6 is 11.6 Å². The molecule has 0 aliphatic heterocycles. The zero-order chi connectivity index (χ0) is 15.2. The fourth-order valence-corrected chi connectivity index (χ4v) is 2.30. The Bertz CT molecular complexity index is 677. The Labute approximate surface area is 125 Å². The van der Waals surface area contributed by atoms with Crippen LogP contribution in [0.2, 0.25) is 5.15 Å². The largest absolute Gasteiger partial charge is 0.416 e. The third-order valence-corrected chi connectivity index (χ3v) is 3.90. The van der Waals surface area contributed by atoms with Crippen molar-refractivity contribution in [2.75, 3.05) is 0 Å². The summed E-state index contributed by atoms with van der Waals surface area (Å²) in [5.41, 5.74) is 1.23. The van der Waals surface area contributed by atoms with Gasteiger partial charge in [0.25, 0.3) is 0 Å². The molecule has 1 fully saturated rings. The average molecular weight is 313 g/mol. The van der Waals surface area contributed by atoms with Gasteiger partial charge in [-0.2, -0.15) is 13.2 Å². The number of alkyl halides is 3. The second-order valence-electron chi connectivity index (χ2n) is 5.20. The summed E-state index contributed by atoms with van der Waals surface area (Å²) in [7, 11) is 0. The molecule has 110 valence electrons. The summed E-state index contributed by atoms with van der Waals surface area (Å²) in [4.78, 5) is 8.73. The molecule has 1 aromatic heterocycles. The van der Waals surface area contributed by atoms with Gasteiger partial charge in [-0.3, -0.25) is 0 Å². The number of hydrogen-bond donors (Lipinski definition) is 0. The quantitative estimate of drug-likeness (QED) is 0.729. The van der Waals surface area contributed by atoms with Crippen LogP contribution in [0.1, 0.15) is 35.7 Å². The van der Waals surface area contributed by atoms with E-state index in [1.807, 2.05) is 0 Å². The minimum Gasteiger partial charge on any atom is -0.232 e. The van der Waals surface area contributed by atoms with Crippen LogP contribution in [-0.4, -0.2) is 9.97 Å². The molecular weight excluding hydrogens is 301 g/mol. The molecule has 0 N–H and O–H groups in total. The predicted octanol–water partition coefficient (Wildman–Crippen LogP) is 5.00. The van der Waals surface area contributed by atoms with Crippen molar-refractivity contribution in [3.63, 3.8) is 0 Å². The lowest BCUT2D eigenvalue weighted by Crippen LogP contribution is -2.04. The summed E-state index contributed by atoms with van der Waals surface area (Å²) in [5, 5.41) is 0.363. The molecule has 0 amide bonds. The van der Waals surface area contributed by atoms with E-state index in [1.165, 1.54) is 12.1 Å². The Hall–Kier alpha value is -1.62. The smallest absolute Gasteiger partial charge is 0.232 e. The average Bonchev–Trinajstić information content (AvgIpc) is 3.25. The van der Waals surface area contributed by atoms with Gasteiger partial charge in [-0.15, -0.1) is 0 Å². The summed E-state index contributed by atoms with van der Waals surface area (Å²) in [6.07, 6.45) is -2.27. The molecule has 2 nitrogen and oxygen atoms in total. The second-order valence-corrected chi connectivity index (χ2v) is 5.55. The van der Waals surface area contributed by atoms with Crippen molar-refractivity contribution in [1.82, 2.24) is 9.97 Å². The summed E-state index contributed by atoms with van der Waals surface area (Å²) >= 11 is 6.11. The van der Waals surface area contributed by atoms with Crippen LogP contribution in [0, 0.1) is 6.92 Å². The van der Waals surface area contributed by atoms with E-state index >= 15 is 0 Å². The number of rotatable bonds is 2. The van der Waals surface area contributed by atoms with E-state index in [2.05, 4.69) is 9.97 Å². The van der Waals surface area contributed by atoms with E-state index in [0.29, 0.717) is 33.7 Å². The molecular formula is C15H12ClF3N2. The van der Waals surface area contributed by atoms with Crippen LogP contribution in [0.3, 0.4) is 0 Å². The maximum absolute atomic E-state index is 12.6. The normalized spacial score (nSPS) is 15.3. The molecule has 1 heterocycles. The van der Waals surface area contributed by atoms with E-state index in [0.717, 1.165) is 25.0 Å². The SMILES string of the molecule is Cc1c(Cl)nc(C2CC2)nc1-c1ccc(C(F)(F)F)cc1. The lowest BCUT2D eigenvalue weighted by atomic mass is 10.1. The molecule has 0 bridgehead atoms. The molecule has 0 atom stereocenters. The highest BCUT2D eigenvalue weighted by Crippen LogP contribution is 2.40. The predicted molar refractivity (Wildman–Crippen MR) is 74.2 cm³/mol. The molecule has 6 heteroatoms. The van der Waals surface area contributed by atoms with E-state index in [1.54, 1.807) is 6.92 Å². The first-order valence-corrected chi connectivity index (χ1v) is 6.95. The molecule has 1 aliphatic rings. The van der Waals surface area contributed by atoms with Gasteiger partial charge in [0.2, 0.25) is 0 Å². The zero-order valence-corrected chi connectivity index (χ0v) is 12.0. The number of benzene rings is 1. The van der Waals surface area contributed by atoms with E-state index in [4.69, 9.17) is 11.6 Å². The minimum atomic E-state index is -4.34. The van der Waals surface area contributed by atoms with Crippen LogP contribution < -0.4 is 0 Å². The van der Waals surface area contributed by atoms with Crippen molar-refractivity contribution in [3.8, 4) is 11.3 Å². The third-order valence-electron chi connectivity index (χ3n) is 3.53. The molecule has 3 rings (SSSR count). The summed E-state index contributed by atoms with van der Waals surface area (Å²) in [6, 6.07) is 4.96. The Balaban J connectivity index is 2.03. The van der Waals surface area contributed by atoms with Gasteiger partial charge < -0.3 is 0 Å². The Morgan fingerprint density at radius 3 is 2.24 bits per heavy atom. The van der Waals surface area contributed by atoms with Gasteiger partial charge in [0.15, 0.2) is 0 Å². The Kier molecular flexibility index (Phi) is 3.40. The van der Waals surface area contributed by atoms with Gasteiger partial charge in [0, 0.05) is 17.0 Å². The lowest BCUT2D eigenvalue weighted by Gasteiger charge is -2.11. The first kappa shape index (κ1) is 14.3. The van der Waals surface area contributed by atoms with Crippen LogP contribution in [0.15, 0.2) is 24.3 Å². The highest BCUT2D eigenvalue weighted by molar-refractivity contribution is 6.30. The zero-order valence-electron chi connectivity index (χ0n) is 11.2. The van der Waals surface area contributed by atoms with Crippen LogP contribution in [0.4, 0.5) is 13.2 Å². The van der Waals surface area contributed by atoms with E-state index in [9.17, 15) is 13.2 Å². The number of halogens is 4. The maximum atomic E-state index is 12.6. The Morgan fingerprint density at radius 1 is 1.10 bits per heavy atom. The minimum absolute atomic E-state index is 0.330. The van der Waals surface area contributed by atoms with Crippen molar-refractivity contribution >= 4 is 11.6 Å². The highest BCUT2D eigenvalue weighted by Gasteiger charge is 2.31. The van der Waals surface area contributed by atoms with Gasteiger partial charge >= 0.3 is 6.18 Å². The Morgan fingerprint density at radius 2 is 1.71 bits per heavy atom. The van der Waals surface area contributed by atoms with E-state index in [-0.39, 0.29) is 0 Å². The second kappa shape index (κ2) is 4.98. The monoisotopic (exact) mass is 312 g/mol. The summed E-state index contributed by atoms with van der Waals surface area (Å²) in [6.45, 7) is 1.77. The van der Waals surface area contributed by atoms with Gasteiger partial charge in [-0.1, -0.05) is 23.7 Å². The molecule has 2 aromatic rings. The van der Waals surface area contributed by atoms with Crippen LogP contribution in [0.5, 0.6) is 0 Å². The van der Waals surface area contributed by atoms with Crippen molar-refractivity contribution in [2.45, 2.75) is 31.9 Å². The molecule has 0 unspecified atom stereocenters. The van der Waals surface area contributed by atoms with Gasteiger partial charge in [-0.25, -0.2) is 9.97 Å². The topological polar surface area (TPSA) is 25.8 Å². The molecule has 1 aromatic carbocycles. The highest BCUT2D eigenvalue weighted by atomic mass is 35.5. The fourth-order valence-electron chi connectivity index (χ4n) is 2.13. The molecule has 0 spiro atoms. The van der Waals surface area contributed by atoms with Gasteiger partial charge in [0.05, 0.1) is 11.3 Å². The molecule has 1 saturated carbocycles. The van der Waals surface area contributed by atoms with Gasteiger partial charge in [-0.05, 0) is 31.9 Å². The standard InChI is InChI=1S/C15H12ClF3N2/c1-8-12(20-14(10-2-3-10)21-13(8)16)9-4-6-11(7-5-9)15(17,18)19/h4-7,10H,2-3H2,1H3. The van der Waals surface area contributed by atoms with Crippen LogP contribution in [0.25, 0.3) is 11.3 Å². The van der Waals surface area contributed by atoms with E-state index < -0.39 is 11.7 Å². The molecule has 0 saturated heterocycles. The van der Waals surface area contributed by atoms with Crippen LogP contribution in [-0.2, 0) is 6.18 Å². The molecule has 0 radical (unpaired) electrons. The molecule has 1 aliphatic carbocycles. The fraction of sp³-hybridized carbons (Fsp3) is 0.333. The van der Waals surface area contributed by atoms with Crippen molar-refractivity contribution in [3.05, 3.63) is 46.4 Å². The number of nitrogens with zero attached hydrogens (tertiary/aromatic N) is 2. The maximum Gasteiger partial charge on any atom is 0.416 e. The van der Waals surface area contributed by atoms with Crippen molar-refractivity contribution in [2.24, 2.45) is 0 Å². The summed E-state index contributed by atoms with van der Waals surface area (Å²) in [5.74, 6) is 1.01. The lowest BCUT2D eigenvalue weighted by molar-refractivity contribution is -0.137. The van der Waals surface area contributed by atoms with Crippen molar-refractivity contribution < 1.29 is 13.2 Å². The number of hydrogen-bond acceptors (Lipinski definition) is 2. The molecule has 21 heavy (non-hydrogen) atoms. The third kappa shape index (κ3) is 2.88. The summed E-state index contributed by atoms with van der Waals surface area (Å²) < 4.78 is 37.8.